The Morgan fingerprint density at radius 3 is 2.75 bits per heavy atom. The third-order valence-corrected chi connectivity index (χ3v) is 3.27. The van der Waals surface area contributed by atoms with Gasteiger partial charge in [0.05, 0.1) is 0 Å². The second kappa shape index (κ2) is 5.05. The molecule has 0 amide bonds. The molecular weight excluding hydrogens is 322 g/mol. The Balaban J connectivity index is 1.99. The zero-order valence-electron chi connectivity index (χ0n) is 10.5. The van der Waals surface area contributed by atoms with Crippen LogP contribution < -0.4 is 0 Å². The molecule has 0 saturated heterocycles. The van der Waals surface area contributed by atoms with Gasteiger partial charge in [0.1, 0.15) is 5.75 Å². The Hall–Kier alpha value is -2.21. The first-order valence-corrected chi connectivity index (χ1v) is 6.67. The summed E-state index contributed by atoms with van der Waals surface area (Å²) in [6.45, 7) is 1.81. The van der Waals surface area contributed by atoms with Gasteiger partial charge in [0.15, 0.2) is 0 Å². The molecule has 0 bridgehead atoms. The molecule has 1 N–H and O–H groups in total. The maximum absolute atomic E-state index is 9.52. The number of aromatic nitrogens is 3. The molecule has 0 saturated carbocycles. The van der Waals surface area contributed by atoms with Gasteiger partial charge in [0.2, 0.25) is 5.82 Å². The standard InChI is InChI=1S/C14H10BrN3O2/c1-8-4-9(2-3-12(8)19)14-17-13(18-20-14)10-5-11(15)7-16-6-10/h2-7,19H,1H3. The summed E-state index contributed by atoms with van der Waals surface area (Å²) in [5, 5.41) is 13.5. The summed E-state index contributed by atoms with van der Waals surface area (Å²) in [7, 11) is 0. The minimum absolute atomic E-state index is 0.240. The Morgan fingerprint density at radius 1 is 1.15 bits per heavy atom. The minimum atomic E-state index is 0.240. The van der Waals surface area contributed by atoms with Crippen LogP contribution in [0, 0.1) is 6.92 Å². The molecular formula is C14H10BrN3O2. The highest BCUT2D eigenvalue weighted by Crippen LogP contribution is 2.26. The zero-order chi connectivity index (χ0) is 14.1. The normalized spacial score (nSPS) is 10.7. The van der Waals surface area contributed by atoms with Crippen LogP contribution in [-0.4, -0.2) is 20.2 Å². The van der Waals surface area contributed by atoms with Gasteiger partial charge < -0.3 is 9.63 Å². The predicted molar refractivity (Wildman–Crippen MR) is 77.1 cm³/mol. The molecule has 0 fully saturated rings. The number of aryl methyl sites for hydroxylation is 1. The van der Waals surface area contributed by atoms with Gasteiger partial charge in [-0.05, 0) is 52.7 Å². The van der Waals surface area contributed by atoms with Crippen molar-refractivity contribution in [2.24, 2.45) is 0 Å². The van der Waals surface area contributed by atoms with Crippen LogP contribution in [0.15, 0.2) is 45.7 Å². The minimum Gasteiger partial charge on any atom is -0.508 e. The Kier molecular flexibility index (Phi) is 3.23. The third-order valence-electron chi connectivity index (χ3n) is 2.83. The smallest absolute Gasteiger partial charge is 0.258 e. The van der Waals surface area contributed by atoms with Gasteiger partial charge in [-0.1, -0.05) is 5.16 Å². The molecule has 0 atom stereocenters. The van der Waals surface area contributed by atoms with Gasteiger partial charge in [0, 0.05) is 28.0 Å². The van der Waals surface area contributed by atoms with Crippen molar-refractivity contribution in [1.29, 1.82) is 0 Å². The molecule has 1 aromatic carbocycles. The molecule has 0 unspecified atom stereocenters. The molecule has 0 aliphatic heterocycles. The van der Waals surface area contributed by atoms with Crippen molar-refractivity contribution in [3.8, 4) is 28.6 Å². The number of phenolic OH excluding ortho intramolecular Hbond substituents is 1. The molecule has 0 aliphatic rings. The van der Waals surface area contributed by atoms with Gasteiger partial charge in [-0.25, -0.2) is 0 Å². The van der Waals surface area contributed by atoms with E-state index in [1.165, 1.54) is 0 Å². The lowest BCUT2D eigenvalue weighted by molar-refractivity contribution is 0.432. The summed E-state index contributed by atoms with van der Waals surface area (Å²) in [6.07, 6.45) is 3.36. The average molecular weight is 332 g/mol. The van der Waals surface area contributed by atoms with Crippen molar-refractivity contribution < 1.29 is 9.63 Å². The molecule has 20 heavy (non-hydrogen) atoms. The number of rotatable bonds is 2. The van der Waals surface area contributed by atoms with Crippen molar-refractivity contribution in [2.45, 2.75) is 6.92 Å². The lowest BCUT2D eigenvalue weighted by Crippen LogP contribution is -1.84. The van der Waals surface area contributed by atoms with Crippen LogP contribution in [0.2, 0.25) is 0 Å². The highest BCUT2D eigenvalue weighted by Gasteiger charge is 2.12. The molecule has 0 aliphatic carbocycles. The fraction of sp³-hybridized carbons (Fsp3) is 0.0714. The molecule has 0 spiro atoms. The van der Waals surface area contributed by atoms with E-state index in [0.29, 0.717) is 11.7 Å². The largest absolute Gasteiger partial charge is 0.508 e. The molecule has 3 rings (SSSR count). The monoisotopic (exact) mass is 331 g/mol. The van der Waals surface area contributed by atoms with E-state index in [4.69, 9.17) is 4.52 Å². The van der Waals surface area contributed by atoms with E-state index in [0.717, 1.165) is 21.2 Å². The van der Waals surface area contributed by atoms with Crippen molar-refractivity contribution >= 4 is 15.9 Å². The molecule has 2 heterocycles. The fourth-order valence-corrected chi connectivity index (χ4v) is 2.15. The molecule has 0 radical (unpaired) electrons. The Bertz CT molecular complexity index is 771. The summed E-state index contributed by atoms with van der Waals surface area (Å²) in [5.74, 6) is 1.12. The highest BCUT2D eigenvalue weighted by molar-refractivity contribution is 9.10. The van der Waals surface area contributed by atoms with Gasteiger partial charge in [-0.15, -0.1) is 0 Å². The molecule has 6 heteroatoms. The number of hydrogen-bond donors (Lipinski definition) is 1. The first kappa shape index (κ1) is 12.8. The van der Waals surface area contributed by atoms with Crippen molar-refractivity contribution in [1.82, 2.24) is 15.1 Å². The predicted octanol–water partition coefficient (Wildman–Crippen LogP) is 3.58. The number of halogens is 1. The van der Waals surface area contributed by atoms with Gasteiger partial charge in [-0.3, -0.25) is 4.98 Å². The van der Waals surface area contributed by atoms with Gasteiger partial charge >= 0.3 is 0 Å². The van der Waals surface area contributed by atoms with Crippen LogP contribution in [0.25, 0.3) is 22.8 Å². The Morgan fingerprint density at radius 2 is 2.00 bits per heavy atom. The summed E-state index contributed by atoms with van der Waals surface area (Å²) in [5.41, 5.74) is 2.29. The number of phenols is 1. The van der Waals surface area contributed by atoms with Crippen LogP contribution in [0.3, 0.4) is 0 Å². The van der Waals surface area contributed by atoms with Crippen molar-refractivity contribution in [3.63, 3.8) is 0 Å². The van der Waals surface area contributed by atoms with E-state index in [2.05, 4.69) is 31.1 Å². The molecule has 100 valence electrons. The molecule has 3 aromatic rings. The summed E-state index contributed by atoms with van der Waals surface area (Å²) < 4.78 is 6.10. The topological polar surface area (TPSA) is 72.0 Å². The maximum atomic E-state index is 9.52. The second-order valence-electron chi connectivity index (χ2n) is 4.32. The van der Waals surface area contributed by atoms with Crippen LogP contribution in [0.1, 0.15) is 5.56 Å². The van der Waals surface area contributed by atoms with Crippen LogP contribution >= 0.6 is 15.9 Å². The van der Waals surface area contributed by atoms with Crippen molar-refractivity contribution in [3.05, 3.63) is 46.7 Å². The van der Waals surface area contributed by atoms with E-state index < -0.39 is 0 Å². The SMILES string of the molecule is Cc1cc(-c2nc(-c3cncc(Br)c3)no2)ccc1O. The summed E-state index contributed by atoms with van der Waals surface area (Å²) >= 11 is 3.35. The van der Waals surface area contributed by atoms with Gasteiger partial charge in [-0.2, -0.15) is 4.98 Å². The van der Waals surface area contributed by atoms with Crippen molar-refractivity contribution in [2.75, 3.05) is 0 Å². The molecule has 5 nitrogen and oxygen atoms in total. The van der Waals surface area contributed by atoms with Gasteiger partial charge in [0.25, 0.3) is 5.89 Å². The number of benzene rings is 1. The highest BCUT2D eigenvalue weighted by atomic mass is 79.9. The van der Waals surface area contributed by atoms with Crippen LogP contribution in [0.4, 0.5) is 0 Å². The van der Waals surface area contributed by atoms with E-state index in [9.17, 15) is 5.11 Å². The third kappa shape index (κ3) is 2.42. The van der Waals surface area contributed by atoms with Crippen LogP contribution in [-0.2, 0) is 0 Å². The van der Waals surface area contributed by atoms with Crippen LogP contribution in [0.5, 0.6) is 5.75 Å². The first-order valence-electron chi connectivity index (χ1n) is 5.88. The number of pyridine rings is 1. The lowest BCUT2D eigenvalue weighted by Gasteiger charge is -1.99. The molecule has 2 aromatic heterocycles. The Labute approximate surface area is 123 Å². The summed E-state index contributed by atoms with van der Waals surface area (Å²) in [6, 6.07) is 7.00. The average Bonchev–Trinajstić information content (AvgIpc) is 2.92. The quantitative estimate of drug-likeness (QED) is 0.777. The number of aromatic hydroxyl groups is 1. The number of nitrogens with zero attached hydrogens (tertiary/aromatic N) is 3. The fourth-order valence-electron chi connectivity index (χ4n) is 1.78. The first-order chi connectivity index (χ1) is 9.63. The van der Waals surface area contributed by atoms with E-state index in [1.54, 1.807) is 30.6 Å². The number of hydrogen-bond acceptors (Lipinski definition) is 5. The zero-order valence-corrected chi connectivity index (χ0v) is 12.1. The van der Waals surface area contributed by atoms with E-state index in [-0.39, 0.29) is 5.75 Å². The summed E-state index contributed by atoms with van der Waals surface area (Å²) in [4.78, 5) is 8.41. The lowest BCUT2D eigenvalue weighted by atomic mass is 10.1. The maximum Gasteiger partial charge on any atom is 0.258 e. The second-order valence-corrected chi connectivity index (χ2v) is 5.23. The van der Waals surface area contributed by atoms with E-state index in [1.807, 2.05) is 13.0 Å². The van der Waals surface area contributed by atoms with E-state index >= 15 is 0 Å².